The van der Waals surface area contributed by atoms with Gasteiger partial charge in [-0.3, -0.25) is 4.79 Å². The van der Waals surface area contributed by atoms with Crippen molar-refractivity contribution in [1.29, 1.82) is 0 Å². The van der Waals surface area contributed by atoms with E-state index in [1.54, 1.807) is 18.2 Å². The molecule has 0 saturated heterocycles. The fourth-order valence-corrected chi connectivity index (χ4v) is 2.86. The highest BCUT2D eigenvalue weighted by atomic mass is 32.2. The first kappa shape index (κ1) is 13.2. The third-order valence-electron chi connectivity index (χ3n) is 3.26. The van der Waals surface area contributed by atoms with Gasteiger partial charge in [0.1, 0.15) is 0 Å². The third-order valence-corrected chi connectivity index (χ3v) is 3.99. The molecule has 1 amide bonds. The molecule has 2 rings (SSSR count). The minimum atomic E-state index is -2.13. The number of rotatable bonds is 3. The van der Waals surface area contributed by atoms with E-state index in [0.29, 0.717) is 5.56 Å². The van der Waals surface area contributed by atoms with Crippen molar-refractivity contribution in [3.63, 3.8) is 0 Å². The Hall–Kier alpha value is -1.20. The van der Waals surface area contributed by atoms with Crippen molar-refractivity contribution >= 4 is 17.0 Å². The minimum absolute atomic E-state index is 0.172. The molecule has 1 unspecified atom stereocenters. The number of carbonyl (C=O) groups is 1. The highest BCUT2D eigenvalue weighted by Gasteiger charge is 2.19. The summed E-state index contributed by atoms with van der Waals surface area (Å²) in [5.41, 5.74) is 0.295. The Morgan fingerprint density at radius 2 is 1.89 bits per heavy atom. The van der Waals surface area contributed by atoms with Crippen molar-refractivity contribution in [3.8, 4) is 0 Å². The zero-order chi connectivity index (χ0) is 13.0. The molecule has 1 aromatic carbocycles. The standard InChI is InChI=1S/C13H17NO3S/c15-13(14-10-6-2-1-3-7-10)11-8-4-5-9-12(11)18(16)17/h4-5,8-10H,1-3,6-7H2,(H,14,15)(H,16,17). The molecule has 0 spiro atoms. The Morgan fingerprint density at radius 1 is 1.22 bits per heavy atom. The molecular weight excluding hydrogens is 250 g/mol. The maximum atomic E-state index is 12.1. The number of carbonyl (C=O) groups excluding carboxylic acids is 1. The first-order valence-electron chi connectivity index (χ1n) is 6.19. The molecule has 1 aromatic rings. The van der Waals surface area contributed by atoms with Crippen LogP contribution in [-0.2, 0) is 11.1 Å². The van der Waals surface area contributed by atoms with Crippen LogP contribution in [0.15, 0.2) is 29.2 Å². The summed E-state index contributed by atoms with van der Waals surface area (Å²) in [5, 5.41) is 2.95. The van der Waals surface area contributed by atoms with Gasteiger partial charge in [-0.1, -0.05) is 31.4 Å². The van der Waals surface area contributed by atoms with Crippen LogP contribution in [0, 0.1) is 0 Å². The lowest BCUT2D eigenvalue weighted by molar-refractivity contribution is 0.0924. The molecule has 0 aliphatic heterocycles. The molecule has 98 valence electrons. The van der Waals surface area contributed by atoms with Crippen molar-refractivity contribution < 1.29 is 13.6 Å². The Bertz CT molecular complexity index is 455. The molecular formula is C13H17NO3S. The predicted molar refractivity (Wildman–Crippen MR) is 69.8 cm³/mol. The fourth-order valence-electron chi connectivity index (χ4n) is 2.32. The van der Waals surface area contributed by atoms with Crippen LogP contribution < -0.4 is 5.32 Å². The van der Waals surface area contributed by atoms with E-state index in [1.807, 2.05) is 0 Å². The van der Waals surface area contributed by atoms with E-state index in [2.05, 4.69) is 5.32 Å². The van der Waals surface area contributed by atoms with Crippen molar-refractivity contribution in [1.82, 2.24) is 5.32 Å². The highest BCUT2D eigenvalue weighted by Crippen LogP contribution is 2.19. The molecule has 2 N–H and O–H groups in total. The number of hydrogen-bond acceptors (Lipinski definition) is 2. The molecule has 1 aliphatic carbocycles. The van der Waals surface area contributed by atoms with Gasteiger partial charge < -0.3 is 9.87 Å². The lowest BCUT2D eigenvalue weighted by atomic mass is 9.95. The van der Waals surface area contributed by atoms with E-state index >= 15 is 0 Å². The van der Waals surface area contributed by atoms with Crippen LogP contribution in [0.25, 0.3) is 0 Å². The van der Waals surface area contributed by atoms with Gasteiger partial charge in [-0.05, 0) is 25.0 Å². The fraction of sp³-hybridized carbons (Fsp3) is 0.462. The van der Waals surface area contributed by atoms with Crippen molar-refractivity contribution in [2.24, 2.45) is 0 Å². The molecule has 0 radical (unpaired) electrons. The molecule has 1 fully saturated rings. The summed E-state index contributed by atoms with van der Waals surface area (Å²) < 4.78 is 20.3. The van der Waals surface area contributed by atoms with Gasteiger partial charge in [-0.25, -0.2) is 4.21 Å². The minimum Gasteiger partial charge on any atom is -0.349 e. The summed E-state index contributed by atoms with van der Waals surface area (Å²) in [4.78, 5) is 12.3. The maximum absolute atomic E-state index is 12.1. The van der Waals surface area contributed by atoms with E-state index in [0.717, 1.165) is 25.7 Å². The molecule has 0 aromatic heterocycles. The summed E-state index contributed by atoms with van der Waals surface area (Å²) in [6.45, 7) is 0. The largest absolute Gasteiger partial charge is 0.349 e. The van der Waals surface area contributed by atoms with Gasteiger partial charge in [0.05, 0.1) is 10.5 Å². The monoisotopic (exact) mass is 267 g/mol. The summed E-state index contributed by atoms with van der Waals surface area (Å²) >= 11 is -2.13. The van der Waals surface area contributed by atoms with Crippen molar-refractivity contribution in [2.75, 3.05) is 0 Å². The Morgan fingerprint density at radius 3 is 2.56 bits per heavy atom. The Labute approximate surface area is 109 Å². The van der Waals surface area contributed by atoms with Gasteiger partial charge in [0.15, 0.2) is 11.1 Å². The number of benzene rings is 1. The second-order valence-electron chi connectivity index (χ2n) is 4.55. The molecule has 1 saturated carbocycles. The normalized spacial score (nSPS) is 18.3. The average Bonchev–Trinajstić information content (AvgIpc) is 2.40. The van der Waals surface area contributed by atoms with Crippen LogP contribution in [0.1, 0.15) is 42.5 Å². The van der Waals surface area contributed by atoms with E-state index in [9.17, 15) is 9.00 Å². The lowest BCUT2D eigenvalue weighted by Gasteiger charge is -2.23. The van der Waals surface area contributed by atoms with Crippen LogP contribution >= 0.6 is 0 Å². The number of hydrogen-bond donors (Lipinski definition) is 2. The van der Waals surface area contributed by atoms with Crippen molar-refractivity contribution in [2.45, 2.75) is 43.0 Å². The van der Waals surface area contributed by atoms with Crippen LogP contribution in [0.3, 0.4) is 0 Å². The second-order valence-corrected chi connectivity index (χ2v) is 5.49. The quantitative estimate of drug-likeness (QED) is 0.826. The molecule has 1 aliphatic rings. The summed E-state index contributed by atoms with van der Waals surface area (Å²) in [6, 6.07) is 6.65. The number of amides is 1. The molecule has 0 heterocycles. The summed E-state index contributed by atoms with van der Waals surface area (Å²) in [7, 11) is 0. The smallest absolute Gasteiger partial charge is 0.252 e. The number of nitrogens with one attached hydrogen (secondary N) is 1. The van der Waals surface area contributed by atoms with E-state index in [-0.39, 0.29) is 16.8 Å². The van der Waals surface area contributed by atoms with E-state index < -0.39 is 11.1 Å². The maximum Gasteiger partial charge on any atom is 0.252 e. The summed E-state index contributed by atoms with van der Waals surface area (Å²) in [6.07, 6.45) is 5.49. The summed E-state index contributed by atoms with van der Waals surface area (Å²) in [5.74, 6) is -0.250. The van der Waals surface area contributed by atoms with Gasteiger partial charge in [0.25, 0.3) is 5.91 Å². The molecule has 0 bridgehead atoms. The van der Waals surface area contributed by atoms with E-state index in [4.69, 9.17) is 4.55 Å². The van der Waals surface area contributed by atoms with Gasteiger partial charge >= 0.3 is 0 Å². The SMILES string of the molecule is O=C(NC1CCCCC1)c1ccccc1S(=O)O. The van der Waals surface area contributed by atoms with Gasteiger partial charge in [-0.2, -0.15) is 0 Å². The molecule has 4 nitrogen and oxygen atoms in total. The third kappa shape index (κ3) is 3.17. The first-order valence-corrected chi connectivity index (χ1v) is 7.30. The second kappa shape index (κ2) is 6.11. The average molecular weight is 267 g/mol. The topological polar surface area (TPSA) is 66.4 Å². The predicted octanol–water partition coefficient (Wildman–Crippen LogP) is 2.33. The molecule has 18 heavy (non-hydrogen) atoms. The van der Waals surface area contributed by atoms with E-state index in [1.165, 1.54) is 12.5 Å². The zero-order valence-corrected chi connectivity index (χ0v) is 10.9. The Kier molecular flexibility index (Phi) is 4.49. The van der Waals surface area contributed by atoms with Crippen molar-refractivity contribution in [3.05, 3.63) is 29.8 Å². The van der Waals surface area contributed by atoms with Crippen LogP contribution in [-0.4, -0.2) is 20.7 Å². The highest BCUT2D eigenvalue weighted by molar-refractivity contribution is 7.79. The first-order chi connectivity index (χ1) is 8.68. The zero-order valence-electron chi connectivity index (χ0n) is 10.1. The van der Waals surface area contributed by atoms with Gasteiger partial charge in [0, 0.05) is 6.04 Å². The lowest BCUT2D eigenvalue weighted by Crippen LogP contribution is -2.36. The van der Waals surface area contributed by atoms with Gasteiger partial charge in [0.2, 0.25) is 0 Å². The van der Waals surface area contributed by atoms with Crippen LogP contribution in [0.2, 0.25) is 0 Å². The van der Waals surface area contributed by atoms with Crippen LogP contribution in [0.4, 0.5) is 0 Å². The van der Waals surface area contributed by atoms with Crippen LogP contribution in [0.5, 0.6) is 0 Å². The Balaban J connectivity index is 2.10. The molecule has 5 heteroatoms. The van der Waals surface area contributed by atoms with Gasteiger partial charge in [-0.15, -0.1) is 0 Å². The molecule has 1 atom stereocenters.